The summed E-state index contributed by atoms with van der Waals surface area (Å²) in [5.41, 5.74) is 2.77. The maximum absolute atomic E-state index is 13.7. The molecule has 4 heteroatoms. The number of aromatic nitrogens is 2. The zero-order valence-corrected chi connectivity index (χ0v) is 11.9. The van der Waals surface area contributed by atoms with Crippen LogP contribution in [-0.4, -0.2) is 15.8 Å². The number of rotatable bonds is 5. The van der Waals surface area contributed by atoms with Crippen molar-refractivity contribution in [3.8, 4) is 5.69 Å². The number of nitrogens with one attached hydrogen (secondary N) is 1. The lowest BCUT2D eigenvalue weighted by Gasteiger charge is -2.08. The SMILES string of the molecule is CC(C)c1ccn(-c2cc(F)cc(CNC3CC3)c2)n1. The molecular formula is C16H20FN3. The van der Waals surface area contributed by atoms with Crippen molar-refractivity contribution < 1.29 is 4.39 Å². The Hall–Kier alpha value is -1.68. The van der Waals surface area contributed by atoms with E-state index in [0.717, 1.165) is 16.9 Å². The molecule has 0 amide bonds. The van der Waals surface area contributed by atoms with Crippen LogP contribution in [0.15, 0.2) is 30.5 Å². The molecule has 0 unspecified atom stereocenters. The monoisotopic (exact) mass is 273 g/mol. The Morgan fingerprint density at radius 3 is 2.80 bits per heavy atom. The van der Waals surface area contributed by atoms with Gasteiger partial charge in [0.1, 0.15) is 5.82 Å². The molecule has 1 aromatic carbocycles. The topological polar surface area (TPSA) is 29.9 Å². The molecule has 0 aliphatic heterocycles. The Morgan fingerprint density at radius 1 is 1.35 bits per heavy atom. The molecule has 0 atom stereocenters. The van der Waals surface area contributed by atoms with Crippen molar-refractivity contribution in [1.82, 2.24) is 15.1 Å². The van der Waals surface area contributed by atoms with Gasteiger partial charge in [0.25, 0.3) is 0 Å². The molecule has 0 bridgehead atoms. The van der Waals surface area contributed by atoms with E-state index in [1.165, 1.54) is 18.9 Å². The van der Waals surface area contributed by atoms with Crippen molar-refractivity contribution in [3.63, 3.8) is 0 Å². The molecule has 1 N–H and O–H groups in total. The van der Waals surface area contributed by atoms with Crippen molar-refractivity contribution >= 4 is 0 Å². The van der Waals surface area contributed by atoms with Crippen LogP contribution < -0.4 is 5.32 Å². The standard InChI is InChI=1S/C16H20FN3/c1-11(2)16-5-6-20(19-16)15-8-12(7-13(17)9-15)10-18-14-3-4-14/h5-9,11,14,18H,3-4,10H2,1-2H3. The van der Waals surface area contributed by atoms with Gasteiger partial charge in [-0.15, -0.1) is 0 Å². The predicted molar refractivity (Wildman–Crippen MR) is 77.5 cm³/mol. The molecule has 0 spiro atoms. The number of benzene rings is 1. The fourth-order valence-electron chi connectivity index (χ4n) is 2.21. The average Bonchev–Trinajstić information content (AvgIpc) is 3.09. The maximum atomic E-state index is 13.7. The van der Waals surface area contributed by atoms with Gasteiger partial charge in [-0.1, -0.05) is 13.8 Å². The molecule has 1 aliphatic rings. The second kappa shape index (κ2) is 5.37. The highest BCUT2D eigenvalue weighted by atomic mass is 19.1. The van der Waals surface area contributed by atoms with Crippen LogP contribution >= 0.6 is 0 Å². The van der Waals surface area contributed by atoms with E-state index in [4.69, 9.17) is 0 Å². The smallest absolute Gasteiger partial charge is 0.125 e. The fourth-order valence-corrected chi connectivity index (χ4v) is 2.21. The van der Waals surface area contributed by atoms with Crippen LogP contribution in [0.4, 0.5) is 4.39 Å². The molecule has 106 valence electrons. The van der Waals surface area contributed by atoms with Crippen LogP contribution in [0, 0.1) is 5.82 Å². The highest BCUT2D eigenvalue weighted by Crippen LogP contribution is 2.20. The minimum absolute atomic E-state index is 0.211. The van der Waals surface area contributed by atoms with Crippen LogP contribution in [-0.2, 0) is 6.54 Å². The summed E-state index contributed by atoms with van der Waals surface area (Å²) in [7, 11) is 0. The van der Waals surface area contributed by atoms with E-state index < -0.39 is 0 Å². The number of halogens is 1. The maximum Gasteiger partial charge on any atom is 0.125 e. The zero-order valence-electron chi connectivity index (χ0n) is 11.9. The van der Waals surface area contributed by atoms with Crippen LogP contribution in [0.25, 0.3) is 5.69 Å². The molecule has 1 fully saturated rings. The molecule has 1 saturated carbocycles. The number of nitrogens with zero attached hydrogens (tertiary/aromatic N) is 2. The molecule has 20 heavy (non-hydrogen) atoms. The van der Waals surface area contributed by atoms with Crippen molar-refractivity contribution in [2.45, 2.75) is 45.2 Å². The van der Waals surface area contributed by atoms with Gasteiger partial charge >= 0.3 is 0 Å². The molecular weight excluding hydrogens is 253 g/mol. The molecule has 3 rings (SSSR count). The molecule has 2 aromatic rings. The molecule has 0 radical (unpaired) electrons. The van der Waals surface area contributed by atoms with Crippen molar-refractivity contribution in [3.05, 3.63) is 47.5 Å². The van der Waals surface area contributed by atoms with Gasteiger partial charge in [0.05, 0.1) is 11.4 Å². The minimum Gasteiger partial charge on any atom is -0.310 e. The average molecular weight is 273 g/mol. The van der Waals surface area contributed by atoms with Gasteiger partial charge in [0.2, 0.25) is 0 Å². The third kappa shape index (κ3) is 3.07. The summed E-state index contributed by atoms with van der Waals surface area (Å²) in [6.07, 6.45) is 4.36. The Kier molecular flexibility index (Phi) is 3.57. The Bertz CT molecular complexity index is 600. The summed E-state index contributed by atoms with van der Waals surface area (Å²) in [5, 5.41) is 7.91. The van der Waals surface area contributed by atoms with Gasteiger partial charge in [0, 0.05) is 18.8 Å². The third-order valence-electron chi connectivity index (χ3n) is 3.58. The first-order chi connectivity index (χ1) is 9.61. The van der Waals surface area contributed by atoms with Crippen LogP contribution in [0.2, 0.25) is 0 Å². The van der Waals surface area contributed by atoms with Gasteiger partial charge < -0.3 is 5.32 Å². The van der Waals surface area contributed by atoms with Crippen molar-refractivity contribution in [2.24, 2.45) is 0 Å². The predicted octanol–water partition coefficient (Wildman–Crippen LogP) is 3.39. The highest BCUT2D eigenvalue weighted by molar-refractivity contribution is 5.36. The van der Waals surface area contributed by atoms with Gasteiger partial charge in [0.15, 0.2) is 0 Å². The summed E-state index contributed by atoms with van der Waals surface area (Å²) < 4.78 is 15.5. The number of hydrogen-bond donors (Lipinski definition) is 1. The lowest BCUT2D eigenvalue weighted by atomic mass is 10.1. The Labute approximate surface area is 118 Å². The van der Waals surface area contributed by atoms with E-state index >= 15 is 0 Å². The first-order valence-corrected chi connectivity index (χ1v) is 7.20. The lowest BCUT2D eigenvalue weighted by Crippen LogP contribution is -2.15. The van der Waals surface area contributed by atoms with E-state index in [2.05, 4.69) is 24.3 Å². The van der Waals surface area contributed by atoms with E-state index in [0.29, 0.717) is 18.5 Å². The van der Waals surface area contributed by atoms with Crippen LogP contribution in [0.1, 0.15) is 43.9 Å². The van der Waals surface area contributed by atoms with E-state index in [1.807, 2.05) is 18.3 Å². The first-order valence-electron chi connectivity index (χ1n) is 7.20. The highest BCUT2D eigenvalue weighted by Gasteiger charge is 2.20. The molecule has 1 heterocycles. The fraction of sp³-hybridized carbons (Fsp3) is 0.438. The van der Waals surface area contributed by atoms with Gasteiger partial charge in [-0.2, -0.15) is 5.10 Å². The third-order valence-corrected chi connectivity index (χ3v) is 3.58. The molecule has 3 nitrogen and oxygen atoms in total. The second-order valence-corrected chi connectivity index (χ2v) is 5.81. The summed E-state index contributed by atoms with van der Waals surface area (Å²) in [6, 6.07) is 7.72. The second-order valence-electron chi connectivity index (χ2n) is 5.81. The quantitative estimate of drug-likeness (QED) is 0.905. The van der Waals surface area contributed by atoms with Crippen LogP contribution in [0.3, 0.4) is 0 Å². The van der Waals surface area contributed by atoms with Gasteiger partial charge in [-0.3, -0.25) is 0 Å². The summed E-state index contributed by atoms with van der Waals surface area (Å²) >= 11 is 0. The first kappa shape index (κ1) is 13.3. The molecule has 1 aromatic heterocycles. The summed E-state index contributed by atoms with van der Waals surface area (Å²) in [5.74, 6) is 0.164. The van der Waals surface area contributed by atoms with Crippen molar-refractivity contribution in [2.75, 3.05) is 0 Å². The Balaban J connectivity index is 1.83. The molecule has 1 aliphatic carbocycles. The van der Waals surface area contributed by atoms with Gasteiger partial charge in [-0.05, 0) is 48.6 Å². The van der Waals surface area contributed by atoms with Gasteiger partial charge in [-0.25, -0.2) is 9.07 Å². The minimum atomic E-state index is -0.211. The zero-order chi connectivity index (χ0) is 14.1. The molecule has 0 saturated heterocycles. The lowest BCUT2D eigenvalue weighted by molar-refractivity contribution is 0.616. The summed E-state index contributed by atoms with van der Waals surface area (Å²) in [6.45, 7) is 4.92. The normalized spacial score (nSPS) is 15.0. The van der Waals surface area contributed by atoms with E-state index in [1.54, 1.807) is 10.7 Å². The van der Waals surface area contributed by atoms with Crippen molar-refractivity contribution in [1.29, 1.82) is 0 Å². The van der Waals surface area contributed by atoms with Crippen LogP contribution in [0.5, 0.6) is 0 Å². The Morgan fingerprint density at radius 2 is 2.15 bits per heavy atom. The number of hydrogen-bond acceptors (Lipinski definition) is 2. The largest absolute Gasteiger partial charge is 0.310 e. The van der Waals surface area contributed by atoms with E-state index in [9.17, 15) is 4.39 Å². The van der Waals surface area contributed by atoms with E-state index in [-0.39, 0.29) is 5.82 Å². The summed E-state index contributed by atoms with van der Waals surface area (Å²) in [4.78, 5) is 0.